The molecule has 6 heteroatoms. The first kappa shape index (κ1) is 14.8. The van der Waals surface area contributed by atoms with Crippen molar-refractivity contribution in [1.29, 1.82) is 0 Å². The van der Waals surface area contributed by atoms with Gasteiger partial charge in [0.25, 0.3) is 5.91 Å². The van der Waals surface area contributed by atoms with Gasteiger partial charge in [-0.1, -0.05) is 6.07 Å². The molecule has 3 aliphatic heterocycles. The fourth-order valence-electron chi connectivity index (χ4n) is 3.75. The van der Waals surface area contributed by atoms with E-state index in [-0.39, 0.29) is 12.1 Å². The number of rotatable bonds is 2. The van der Waals surface area contributed by atoms with E-state index in [0.29, 0.717) is 5.92 Å². The van der Waals surface area contributed by atoms with E-state index in [4.69, 9.17) is 0 Å². The number of anilines is 2. The molecule has 1 amide bonds. The van der Waals surface area contributed by atoms with Gasteiger partial charge in [-0.25, -0.2) is 0 Å². The zero-order valence-electron chi connectivity index (χ0n) is 13.4. The van der Waals surface area contributed by atoms with Crippen molar-refractivity contribution in [2.75, 3.05) is 49.9 Å². The van der Waals surface area contributed by atoms with Crippen LogP contribution < -0.4 is 21.3 Å². The maximum atomic E-state index is 12.6. The lowest BCUT2D eigenvalue weighted by atomic mass is 9.90. The first-order valence-corrected chi connectivity index (χ1v) is 8.68. The van der Waals surface area contributed by atoms with Gasteiger partial charge in [-0.15, -0.1) is 0 Å². The average Bonchev–Trinajstić information content (AvgIpc) is 3.06. The lowest BCUT2D eigenvalue weighted by Crippen LogP contribution is -2.52. The number of carbonyl (C=O) groups is 1. The van der Waals surface area contributed by atoms with Gasteiger partial charge in [0.2, 0.25) is 0 Å². The summed E-state index contributed by atoms with van der Waals surface area (Å²) in [5, 5.41) is 13.4. The van der Waals surface area contributed by atoms with Crippen molar-refractivity contribution in [3.63, 3.8) is 0 Å². The number of amides is 1. The first-order valence-electron chi connectivity index (χ1n) is 8.68. The molecule has 1 unspecified atom stereocenters. The number of hydrogen-bond donors (Lipinski definition) is 4. The minimum Gasteiger partial charge on any atom is -0.356 e. The van der Waals surface area contributed by atoms with Crippen molar-refractivity contribution >= 4 is 17.3 Å². The van der Waals surface area contributed by atoms with Crippen LogP contribution in [-0.2, 0) is 4.79 Å². The van der Waals surface area contributed by atoms with Crippen LogP contribution in [0.5, 0.6) is 0 Å². The quantitative estimate of drug-likeness (QED) is 0.648. The lowest BCUT2D eigenvalue weighted by molar-refractivity contribution is -0.131. The summed E-state index contributed by atoms with van der Waals surface area (Å²) in [6.07, 6.45) is 2.05. The van der Waals surface area contributed by atoms with Crippen LogP contribution in [0.4, 0.5) is 11.4 Å². The lowest BCUT2D eigenvalue weighted by Gasteiger charge is -2.29. The predicted molar refractivity (Wildman–Crippen MR) is 91.8 cm³/mol. The molecule has 0 aromatic heterocycles. The van der Waals surface area contributed by atoms with Gasteiger partial charge >= 0.3 is 0 Å². The van der Waals surface area contributed by atoms with Crippen molar-refractivity contribution in [1.82, 2.24) is 15.5 Å². The second kappa shape index (κ2) is 6.37. The largest absolute Gasteiger partial charge is 0.356 e. The molecule has 124 valence electrons. The second-order valence-corrected chi connectivity index (χ2v) is 6.63. The molecular weight excluding hydrogens is 290 g/mol. The van der Waals surface area contributed by atoms with Gasteiger partial charge < -0.3 is 26.2 Å². The Bertz CT molecular complexity index is 578. The van der Waals surface area contributed by atoms with Gasteiger partial charge in [-0.2, -0.15) is 0 Å². The molecule has 2 fully saturated rings. The molecule has 0 saturated carbocycles. The van der Waals surface area contributed by atoms with Gasteiger partial charge in [0.05, 0.1) is 11.4 Å². The van der Waals surface area contributed by atoms with Gasteiger partial charge in [-0.05, 0) is 49.5 Å². The summed E-state index contributed by atoms with van der Waals surface area (Å²) in [6.45, 7) is 5.52. The zero-order valence-corrected chi connectivity index (χ0v) is 13.4. The smallest absolute Gasteiger partial charge is 0.265 e. The molecule has 0 spiro atoms. The Hall–Kier alpha value is -1.79. The molecule has 2 saturated heterocycles. The molecule has 0 aliphatic carbocycles. The summed E-state index contributed by atoms with van der Waals surface area (Å²) in [5.74, 6) is 0.775. The molecule has 1 aromatic carbocycles. The predicted octanol–water partition coefficient (Wildman–Crippen LogP) is 0.749. The molecular formula is C17H25N5O. The van der Waals surface area contributed by atoms with E-state index in [2.05, 4.69) is 39.5 Å². The summed E-state index contributed by atoms with van der Waals surface area (Å²) < 4.78 is 0. The normalized spacial score (nSPS) is 24.7. The summed E-state index contributed by atoms with van der Waals surface area (Å²) in [5.41, 5.74) is 3.49. The Morgan fingerprint density at radius 1 is 0.957 bits per heavy atom. The highest BCUT2D eigenvalue weighted by molar-refractivity contribution is 5.93. The Morgan fingerprint density at radius 3 is 2.43 bits per heavy atom. The van der Waals surface area contributed by atoms with Gasteiger partial charge in [0.15, 0.2) is 6.17 Å². The van der Waals surface area contributed by atoms with Crippen LogP contribution in [0, 0.1) is 0 Å². The molecule has 4 N–H and O–H groups in total. The van der Waals surface area contributed by atoms with E-state index >= 15 is 0 Å². The Kier molecular flexibility index (Phi) is 4.10. The van der Waals surface area contributed by atoms with E-state index < -0.39 is 0 Å². The minimum atomic E-state index is -0.327. The van der Waals surface area contributed by atoms with E-state index in [1.807, 2.05) is 4.90 Å². The molecule has 3 heterocycles. The van der Waals surface area contributed by atoms with Gasteiger partial charge in [0, 0.05) is 26.2 Å². The van der Waals surface area contributed by atoms with Crippen molar-refractivity contribution in [3.8, 4) is 0 Å². The monoisotopic (exact) mass is 315 g/mol. The van der Waals surface area contributed by atoms with E-state index in [0.717, 1.165) is 50.6 Å². The number of fused-ring (bicyclic) bond motifs is 1. The molecule has 4 rings (SSSR count). The standard InChI is InChI=1S/C17H25N5O/c23-17(22-9-7-19-8-10-22)16-20-14-2-1-13(11-15(14)21-16)12-3-5-18-6-4-12/h1-2,11-12,16,18-21H,3-10H2. The second-order valence-electron chi connectivity index (χ2n) is 6.63. The SMILES string of the molecule is O=C(C1Nc2ccc(C3CCNCC3)cc2N1)N1CCNCC1. The fourth-order valence-corrected chi connectivity index (χ4v) is 3.75. The number of piperidine rings is 1. The summed E-state index contributed by atoms with van der Waals surface area (Å²) in [4.78, 5) is 14.6. The number of nitrogens with zero attached hydrogens (tertiary/aromatic N) is 1. The Morgan fingerprint density at radius 2 is 1.65 bits per heavy atom. The molecule has 23 heavy (non-hydrogen) atoms. The van der Waals surface area contributed by atoms with Gasteiger partial charge in [-0.3, -0.25) is 4.79 Å². The van der Waals surface area contributed by atoms with Gasteiger partial charge in [0.1, 0.15) is 0 Å². The summed E-state index contributed by atoms with van der Waals surface area (Å²) >= 11 is 0. The number of piperazine rings is 1. The maximum Gasteiger partial charge on any atom is 0.265 e. The Labute approximate surface area is 137 Å². The fraction of sp³-hybridized carbons (Fsp3) is 0.588. The van der Waals surface area contributed by atoms with Crippen molar-refractivity contribution in [3.05, 3.63) is 23.8 Å². The molecule has 6 nitrogen and oxygen atoms in total. The van der Waals surface area contributed by atoms with E-state index in [1.54, 1.807) is 0 Å². The van der Waals surface area contributed by atoms with Crippen molar-refractivity contribution in [2.24, 2.45) is 0 Å². The average molecular weight is 315 g/mol. The van der Waals surface area contributed by atoms with Crippen LogP contribution >= 0.6 is 0 Å². The van der Waals surface area contributed by atoms with Crippen LogP contribution in [0.15, 0.2) is 18.2 Å². The third kappa shape index (κ3) is 3.01. The first-order chi connectivity index (χ1) is 11.3. The highest BCUT2D eigenvalue weighted by atomic mass is 16.2. The topological polar surface area (TPSA) is 68.4 Å². The molecule has 3 aliphatic rings. The summed E-state index contributed by atoms with van der Waals surface area (Å²) in [7, 11) is 0. The van der Waals surface area contributed by atoms with Crippen molar-refractivity contribution < 1.29 is 4.79 Å². The number of carbonyl (C=O) groups excluding carboxylic acids is 1. The molecule has 0 bridgehead atoms. The zero-order chi connectivity index (χ0) is 15.6. The third-order valence-electron chi connectivity index (χ3n) is 5.13. The van der Waals surface area contributed by atoms with Crippen LogP contribution in [0.2, 0.25) is 0 Å². The highest BCUT2D eigenvalue weighted by Crippen LogP contribution is 2.34. The van der Waals surface area contributed by atoms with E-state index in [9.17, 15) is 4.79 Å². The molecule has 0 radical (unpaired) electrons. The van der Waals surface area contributed by atoms with Crippen LogP contribution in [0.25, 0.3) is 0 Å². The minimum absolute atomic E-state index is 0.145. The number of nitrogens with one attached hydrogen (secondary N) is 4. The summed E-state index contributed by atoms with van der Waals surface area (Å²) in [6, 6.07) is 6.55. The Balaban J connectivity index is 1.45. The van der Waals surface area contributed by atoms with Crippen molar-refractivity contribution in [2.45, 2.75) is 24.9 Å². The highest BCUT2D eigenvalue weighted by Gasteiger charge is 2.30. The maximum absolute atomic E-state index is 12.6. The molecule has 1 aromatic rings. The third-order valence-corrected chi connectivity index (χ3v) is 5.13. The van der Waals surface area contributed by atoms with Crippen LogP contribution in [0.1, 0.15) is 24.3 Å². The molecule has 1 atom stereocenters. The number of hydrogen-bond acceptors (Lipinski definition) is 5. The number of benzene rings is 1. The van der Waals surface area contributed by atoms with Crippen LogP contribution in [0.3, 0.4) is 0 Å². The van der Waals surface area contributed by atoms with E-state index in [1.165, 1.54) is 18.4 Å². The van der Waals surface area contributed by atoms with Crippen LogP contribution in [-0.4, -0.2) is 56.2 Å².